The molecule has 1 heterocycles. The third-order valence-corrected chi connectivity index (χ3v) is 3.18. The van der Waals surface area contributed by atoms with Crippen LogP contribution in [0.3, 0.4) is 0 Å². The molecular weight excluding hydrogens is 369 g/mol. The summed E-state index contributed by atoms with van der Waals surface area (Å²) in [6.45, 7) is 8.88. The first-order chi connectivity index (χ1) is 8.90. The number of halogens is 1. The van der Waals surface area contributed by atoms with E-state index in [1.54, 1.807) is 7.05 Å². The van der Waals surface area contributed by atoms with Crippen LogP contribution >= 0.6 is 24.0 Å². The van der Waals surface area contributed by atoms with Crippen molar-refractivity contribution in [1.82, 2.24) is 20.8 Å². The van der Waals surface area contributed by atoms with Crippen molar-refractivity contribution in [3.05, 3.63) is 11.7 Å². The molecule has 1 aromatic heterocycles. The zero-order valence-electron chi connectivity index (χ0n) is 12.7. The Bertz CT molecular complexity index is 466. The molecule has 20 heavy (non-hydrogen) atoms. The monoisotopic (exact) mass is 393 g/mol. The minimum atomic E-state index is -0.116. The first-order valence-electron chi connectivity index (χ1n) is 6.70. The summed E-state index contributed by atoms with van der Waals surface area (Å²) in [7, 11) is 1.76. The summed E-state index contributed by atoms with van der Waals surface area (Å²) in [6, 6.07) is 0.543. The van der Waals surface area contributed by atoms with Gasteiger partial charge in [0.15, 0.2) is 11.8 Å². The lowest BCUT2D eigenvalue weighted by atomic mass is 9.97. The largest absolute Gasteiger partial charge is 0.353 e. The highest BCUT2D eigenvalue weighted by Gasteiger charge is 2.33. The molecule has 0 bridgehead atoms. The zero-order chi connectivity index (χ0) is 14.0. The summed E-state index contributed by atoms with van der Waals surface area (Å²) in [6.07, 6.45) is 1.21. The van der Waals surface area contributed by atoms with Crippen LogP contribution in [-0.2, 0) is 12.0 Å². The molecule has 2 atom stereocenters. The quantitative estimate of drug-likeness (QED) is 0.467. The highest BCUT2D eigenvalue weighted by atomic mass is 127. The van der Waals surface area contributed by atoms with Gasteiger partial charge in [0.05, 0.1) is 6.54 Å². The van der Waals surface area contributed by atoms with Crippen LogP contribution in [0.1, 0.15) is 45.8 Å². The summed E-state index contributed by atoms with van der Waals surface area (Å²) in [5.74, 6) is 2.83. The van der Waals surface area contributed by atoms with Gasteiger partial charge in [0, 0.05) is 18.5 Å². The van der Waals surface area contributed by atoms with Gasteiger partial charge in [-0.05, 0) is 12.3 Å². The molecule has 1 saturated carbocycles. The van der Waals surface area contributed by atoms with Gasteiger partial charge in [-0.3, -0.25) is 4.99 Å². The zero-order valence-corrected chi connectivity index (χ0v) is 15.1. The van der Waals surface area contributed by atoms with Crippen molar-refractivity contribution < 1.29 is 4.52 Å². The van der Waals surface area contributed by atoms with Gasteiger partial charge >= 0.3 is 0 Å². The minimum absolute atomic E-state index is 0. The number of hydrogen-bond donors (Lipinski definition) is 2. The number of guanidine groups is 1. The van der Waals surface area contributed by atoms with Crippen molar-refractivity contribution in [3.8, 4) is 0 Å². The lowest BCUT2D eigenvalue weighted by Gasteiger charge is -2.11. The van der Waals surface area contributed by atoms with Crippen LogP contribution in [0.25, 0.3) is 0 Å². The second-order valence-corrected chi connectivity index (χ2v) is 6.16. The normalized spacial score (nSPS) is 22.1. The van der Waals surface area contributed by atoms with E-state index in [9.17, 15) is 0 Å². The van der Waals surface area contributed by atoms with Gasteiger partial charge in [0.25, 0.3) is 0 Å². The number of aliphatic imine (C=N–C) groups is 1. The van der Waals surface area contributed by atoms with E-state index in [1.165, 1.54) is 6.42 Å². The third kappa shape index (κ3) is 4.60. The molecule has 0 saturated heterocycles. The van der Waals surface area contributed by atoms with Crippen molar-refractivity contribution in [2.24, 2.45) is 10.9 Å². The fraction of sp³-hybridized carbons (Fsp3) is 0.769. The molecule has 2 rings (SSSR count). The smallest absolute Gasteiger partial charge is 0.232 e. The molecule has 1 aliphatic carbocycles. The van der Waals surface area contributed by atoms with Gasteiger partial charge in [-0.1, -0.05) is 32.9 Å². The Balaban J connectivity index is 0.00000200. The predicted molar refractivity (Wildman–Crippen MR) is 89.3 cm³/mol. The second kappa shape index (κ2) is 6.73. The molecule has 7 heteroatoms. The van der Waals surface area contributed by atoms with Crippen LogP contribution in [0.15, 0.2) is 9.52 Å². The Labute approximate surface area is 137 Å². The molecule has 114 valence electrons. The van der Waals surface area contributed by atoms with E-state index in [2.05, 4.69) is 32.7 Å². The lowest BCUT2D eigenvalue weighted by Crippen LogP contribution is -2.38. The number of hydrogen-bond acceptors (Lipinski definition) is 4. The van der Waals surface area contributed by atoms with E-state index in [-0.39, 0.29) is 29.4 Å². The number of nitrogens with zero attached hydrogens (tertiary/aromatic N) is 3. The van der Waals surface area contributed by atoms with E-state index in [0.717, 1.165) is 11.9 Å². The Morgan fingerprint density at radius 1 is 1.45 bits per heavy atom. The number of nitrogens with one attached hydrogen (secondary N) is 2. The van der Waals surface area contributed by atoms with Crippen molar-refractivity contribution in [2.45, 2.75) is 52.1 Å². The molecule has 0 spiro atoms. The summed E-state index contributed by atoms with van der Waals surface area (Å²) in [5.41, 5.74) is -0.116. The van der Waals surface area contributed by atoms with Gasteiger partial charge in [-0.25, -0.2) is 0 Å². The first-order valence-corrected chi connectivity index (χ1v) is 6.70. The van der Waals surface area contributed by atoms with Crippen molar-refractivity contribution in [2.75, 3.05) is 7.05 Å². The molecule has 2 N–H and O–H groups in total. The van der Waals surface area contributed by atoms with Gasteiger partial charge < -0.3 is 15.2 Å². The molecule has 2 unspecified atom stereocenters. The molecule has 1 aromatic rings. The van der Waals surface area contributed by atoms with E-state index < -0.39 is 0 Å². The summed E-state index contributed by atoms with van der Waals surface area (Å²) in [5, 5.41) is 10.5. The van der Waals surface area contributed by atoms with Crippen LogP contribution in [0.5, 0.6) is 0 Å². The maximum absolute atomic E-state index is 5.24. The van der Waals surface area contributed by atoms with Gasteiger partial charge in [0.2, 0.25) is 5.89 Å². The van der Waals surface area contributed by atoms with E-state index in [4.69, 9.17) is 4.52 Å². The van der Waals surface area contributed by atoms with Gasteiger partial charge in [0.1, 0.15) is 0 Å². The summed E-state index contributed by atoms with van der Waals surface area (Å²) >= 11 is 0. The SMILES string of the molecule is CN=C(NCc1noc(C(C)(C)C)n1)NC1CC1C.I. The third-order valence-electron chi connectivity index (χ3n) is 3.18. The fourth-order valence-electron chi connectivity index (χ4n) is 1.69. The molecule has 0 aliphatic heterocycles. The standard InChI is InChI=1S/C13H23N5O.HI/c1-8-6-9(8)16-12(14-5)15-7-10-17-11(19-18-10)13(2,3)4;/h8-9H,6-7H2,1-5H3,(H2,14,15,16);1H. The van der Waals surface area contributed by atoms with Crippen LogP contribution in [0, 0.1) is 5.92 Å². The topological polar surface area (TPSA) is 75.3 Å². The summed E-state index contributed by atoms with van der Waals surface area (Å²) < 4.78 is 5.24. The van der Waals surface area contributed by atoms with Crippen LogP contribution < -0.4 is 10.6 Å². The van der Waals surface area contributed by atoms with Crippen LogP contribution in [-0.4, -0.2) is 29.2 Å². The van der Waals surface area contributed by atoms with E-state index in [0.29, 0.717) is 24.3 Å². The molecule has 1 fully saturated rings. The molecule has 0 radical (unpaired) electrons. The maximum Gasteiger partial charge on any atom is 0.232 e. The maximum atomic E-state index is 5.24. The molecule has 6 nitrogen and oxygen atoms in total. The average molecular weight is 393 g/mol. The minimum Gasteiger partial charge on any atom is -0.353 e. The van der Waals surface area contributed by atoms with Gasteiger partial charge in [-0.15, -0.1) is 24.0 Å². The number of aromatic nitrogens is 2. The number of rotatable bonds is 3. The predicted octanol–water partition coefficient (Wildman–Crippen LogP) is 2.06. The molecular formula is C13H24IN5O. The molecule has 1 aliphatic rings. The van der Waals surface area contributed by atoms with E-state index >= 15 is 0 Å². The van der Waals surface area contributed by atoms with Crippen molar-refractivity contribution >= 4 is 29.9 Å². The van der Waals surface area contributed by atoms with Gasteiger partial charge in [-0.2, -0.15) is 4.98 Å². The van der Waals surface area contributed by atoms with Crippen molar-refractivity contribution in [3.63, 3.8) is 0 Å². The second-order valence-electron chi connectivity index (χ2n) is 6.16. The van der Waals surface area contributed by atoms with Crippen molar-refractivity contribution in [1.29, 1.82) is 0 Å². The Morgan fingerprint density at radius 3 is 2.55 bits per heavy atom. The lowest BCUT2D eigenvalue weighted by molar-refractivity contribution is 0.318. The first kappa shape index (κ1) is 17.2. The Kier molecular flexibility index (Phi) is 5.79. The van der Waals surface area contributed by atoms with E-state index in [1.807, 2.05) is 20.8 Å². The molecule has 0 aromatic carbocycles. The Hall–Kier alpha value is -0.860. The van der Waals surface area contributed by atoms with Crippen LogP contribution in [0.4, 0.5) is 0 Å². The Morgan fingerprint density at radius 2 is 2.10 bits per heavy atom. The summed E-state index contributed by atoms with van der Waals surface area (Å²) in [4.78, 5) is 8.56. The highest BCUT2D eigenvalue weighted by molar-refractivity contribution is 14.0. The highest BCUT2D eigenvalue weighted by Crippen LogP contribution is 2.28. The van der Waals surface area contributed by atoms with Crippen LogP contribution in [0.2, 0.25) is 0 Å². The molecule has 0 amide bonds. The fourth-order valence-corrected chi connectivity index (χ4v) is 1.69. The average Bonchev–Trinajstić information content (AvgIpc) is 2.83.